The number of rotatable bonds is 1. The van der Waals surface area contributed by atoms with Gasteiger partial charge in [0.15, 0.2) is 0 Å². The van der Waals surface area contributed by atoms with Crippen LogP contribution >= 0.6 is 34.8 Å². The summed E-state index contributed by atoms with van der Waals surface area (Å²) in [6.45, 7) is 0. The van der Waals surface area contributed by atoms with Crippen LogP contribution in [0.2, 0.25) is 10.0 Å². The Balaban J connectivity index is 2.13. The van der Waals surface area contributed by atoms with Gasteiger partial charge in [0.25, 0.3) is 0 Å². The van der Waals surface area contributed by atoms with Crippen molar-refractivity contribution in [1.29, 1.82) is 0 Å². The number of hydrogen-bond acceptors (Lipinski definition) is 3. The molecule has 6 heteroatoms. The standard InChI is InChI=1S/C15H9Cl3O3/c16-10-1-3-12-8(6-10)5-9-7-11(17)2-4-13(9)21-15(20-12)14(18)19/h1-4,6-7,15H,5H2. The molecule has 0 radical (unpaired) electrons. The zero-order valence-corrected chi connectivity index (χ0v) is 12.9. The number of hydrogen-bond donors (Lipinski definition) is 0. The Morgan fingerprint density at radius 1 is 0.952 bits per heavy atom. The first-order valence-electron chi connectivity index (χ1n) is 6.12. The third-order valence-electron chi connectivity index (χ3n) is 3.08. The van der Waals surface area contributed by atoms with E-state index in [0.29, 0.717) is 28.0 Å². The van der Waals surface area contributed by atoms with Crippen LogP contribution in [0.1, 0.15) is 11.1 Å². The average molecular weight is 344 g/mol. The number of halogens is 3. The minimum absolute atomic E-state index is 0.504. The number of benzene rings is 2. The van der Waals surface area contributed by atoms with Crippen molar-refractivity contribution >= 4 is 40.0 Å². The quantitative estimate of drug-likeness (QED) is 0.718. The lowest BCUT2D eigenvalue weighted by atomic mass is 10.0. The fourth-order valence-corrected chi connectivity index (χ4v) is 2.63. The van der Waals surface area contributed by atoms with Gasteiger partial charge >= 0.3 is 11.5 Å². The third-order valence-corrected chi connectivity index (χ3v) is 3.73. The van der Waals surface area contributed by atoms with Crippen LogP contribution in [0.15, 0.2) is 36.4 Å². The summed E-state index contributed by atoms with van der Waals surface area (Å²) >= 11 is 17.6. The van der Waals surface area contributed by atoms with Crippen molar-refractivity contribution in [2.75, 3.05) is 0 Å². The molecule has 0 spiro atoms. The molecule has 0 atom stereocenters. The predicted octanol–water partition coefficient (Wildman–Crippen LogP) is 4.45. The summed E-state index contributed by atoms with van der Waals surface area (Å²) in [7, 11) is 0. The second-order valence-electron chi connectivity index (χ2n) is 4.55. The van der Waals surface area contributed by atoms with Crippen LogP contribution in [0.5, 0.6) is 11.5 Å². The van der Waals surface area contributed by atoms with E-state index in [1.165, 1.54) is 0 Å². The zero-order valence-electron chi connectivity index (χ0n) is 10.6. The molecule has 0 fully saturated rings. The molecule has 0 bridgehead atoms. The maximum Gasteiger partial charge on any atom is 0.316 e. The van der Waals surface area contributed by atoms with Crippen LogP contribution in [0.4, 0.5) is 0 Å². The molecule has 0 amide bonds. The molecule has 3 rings (SSSR count). The molecule has 108 valence electrons. The summed E-state index contributed by atoms with van der Waals surface area (Å²) in [6.07, 6.45) is -0.693. The highest BCUT2D eigenvalue weighted by Crippen LogP contribution is 2.34. The SMILES string of the molecule is O=C(Cl)C1Oc2ccc(Cl)cc2Cc2cc(Cl)ccc2O1. The van der Waals surface area contributed by atoms with Crippen molar-refractivity contribution in [2.45, 2.75) is 12.7 Å². The van der Waals surface area contributed by atoms with E-state index in [9.17, 15) is 4.79 Å². The van der Waals surface area contributed by atoms with Crippen molar-refractivity contribution in [3.63, 3.8) is 0 Å². The molecule has 1 aliphatic rings. The predicted molar refractivity (Wildman–Crippen MR) is 81.6 cm³/mol. The first kappa shape index (κ1) is 14.5. The van der Waals surface area contributed by atoms with Gasteiger partial charge in [0.1, 0.15) is 11.5 Å². The Morgan fingerprint density at radius 3 is 1.86 bits per heavy atom. The summed E-state index contributed by atoms with van der Waals surface area (Å²) < 4.78 is 11.1. The van der Waals surface area contributed by atoms with E-state index in [4.69, 9.17) is 44.3 Å². The lowest BCUT2D eigenvalue weighted by molar-refractivity contribution is -0.129. The maximum atomic E-state index is 11.5. The van der Waals surface area contributed by atoms with Crippen LogP contribution in [-0.2, 0) is 11.2 Å². The largest absolute Gasteiger partial charge is 0.447 e. The molecule has 0 saturated carbocycles. The van der Waals surface area contributed by atoms with E-state index in [-0.39, 0.29) is 0 Å². The average Bonchev–Trinajstić information content (AvgIpc) is 2.40. The van der Waals surface area contributed by atoms with Crippen molar-refractivity contribution in [3.8, 4) is 11.5 Å². The van der Waals surface area contributed by atoms with E-state index >= 15 is 0 Å². The second-order valence-corrected chi connectivity index (χ2v) is 5.80. The molecule has 2 aromatic rings. The molecule has 3 nitrogen and oxygen atoms in total. The molecule has 1 heterocycles. The second kappa shape index (κ2) is 5.76. The van der Waals surface area contributed by atoms with E-state index in [2.05, 4.69) is 0 Å². The summed E-state index contributed by atoms with van der Waals surface area (Å²) in [6, 6.07) is 10.3. The van der Waals surface area contributed by atoms with Gasteiger partial charge in [0.05, 0.1) is 0 Å². The molecule has 0 aromatic heterocycles. The monoisotopic (exact) mass is 342 g/mol. The Kier molecular flexibility index (Phi) is 3.98. The number of ether oxygens (including phenoxy) is 2. The Morgan fingerprint density at radius 2 is 1.43 bits per heavy atom. The van der Waals surface area contributed by atoms with Gasteiger partial charge in [0, 0.05) is 27.6 Å². The number of carbonyl (C=O) groups excluding carboxylic acids is 1. The van der Waals surface area contributed by atoms with Crippen LogP contribution in [0, 0.1) is 0 Å². The first-order chi connectivity index (χ1) is 10.0. The van der Waals surface area contributed by atoms with E-state index in [1.807, 2.05) is 0 Å². The normalized spacial score (nSPS) is 14.0. The van der Waals surface area contributed by atoms with Crippen molar-refractivity contribution in [2.24, 2.45) is 0 Å². The number of carbonyl (C=O) groups is 1. The molecule has 0 saturated heterocycles. The van der Waals surface area contributed by atoms with E-state index in [0.717, 1.165) is 11.1 Å². The molecular weight excluding hydrogens is 335 g/mol. The summed E-state index contributed by atoms with van der Waals surface area (Å²) in [5, 5.41) is 0.422. The highest BCUT2D eigenvalue weighted by atomic mass is 35.5. The van der Waals surface area contributed by atoms with E-state index in [1.54, 1.807) is 36.4 Å². The molecular formula is C15H9Cl3O3. The van der Waals surface area contributed by atoms with Gasteiger partial charge < -0.3 is 9.47 Å². The lowest BCUT2D eigenvalue weighted by Gasteiger charge is -2.24. The Bertz CT molecular complexity index is 662. The van der Waals surface area contributed by atoms with Crippen LogP contribution in [0.25, 0.3) is 0 Å². The lowest BCUT2D eigenvalue weighted by Crippen LogP contribution is -2.31. The summed E-state index contributed by atoms with van der Waals surface area (Å²) in [5.41, 5.74) is 1.66. The topological polar surface area (TPSA) is 35.5 Å². The van der Waals surface area contributed by atoms with Gasteiger partial charge in [-0.3, -0.25) is 4.79 Å². The molecule has 0 unspecified atom stereocenters. The van der Waals surface area contributed by atoms with Crippen LogP contribution < -0.4 is 9.47 Å². The van der Waals surface area contributed by atoms with Gasteiger partial charge in [-0.25, -0.2) is 0 Å². The summed E-state index contributed by atoms with van der Waals surface area (Å²) in [4.78, 5) is 11.5. The van der Waals surface area contributed by atoms with Gasteiger partial charge in [-0.15, -0.1) is 0 Å². The molecule has 1 aliphatic heterocycles. The molecule has 0 aliphatic carbocycles. The van der Waals surface area contributed by atoms with Gasteiger partial charge in [-0.05, 0) is 48.0 Å². The summed E-state index contributed by atoms with van der Waals surface area (Å²) in [5.74, 6) is 1.01. The van der Waals surface area contributed by atoms with Crippen LogP contribution in [-0.4, -0.2) is 11.5 Å². The first-order valence-corrected chi connectivity index (χ1v) is 7.26. The number of fused-ring (bicyclic) bond motifs is 2. The molecule has 21 heavy (non-hydrogen) atoms. The fraction of sp³-hybridized carbons (Fsp3) is 0.133. The zero-order chi connectivity index (χ0) is 15.0. The maximum absolute atomic E-state index is 11.5. The van der Waals surface area contributed by atoms with Gasteiger partial charge in [0.2, 0.25) is 0 Å². The van der Waals surface area contributed by atoms with Crippen LogP contribution in [0.3, 0.4) is 0 Å². The highest BCUT2D eigenvalue weighted by molar-refractivity contribution is 6.64. The van der Waals surface area contributed by atoms with Gasteiger partial charge in [-0.1, -0.05) is 23.2 Å². The smallest absolute Gasteiger partial charge is 0.316 e. The Hall–Kier alpha value is -1.42. The molecule has 2 aromatic carbocycles. The minimum Gasteiger partial charge on any atom is -0.447 e. The van der Waals surface area contributed by atoms with Crippen molar-refractivity contribution in [1.82, 2.24) is 0 Å². The third kappa shape index (κ3) is 3.10. The highest BCUT2D eigenvalue weighted by Gasteiger charge is 2.26. The Labute approximate surface area is 136 Å². The van der Waals surface area contributed by atoms with E-state index < -0.39 is 11.5 Å². The van der Waals surface area contributed by atoms with Crippen molar-refractivity contribution in [3.05, 3.63) is 57.6 Å². The fourth-order valence-electron chi connectivity index (χ4n) is 2.15. The van der Waals surface area contributed by atoms with Gasteiger partial charge in [-0.2, -0.15) is 0 Å². The molecule has 0 N–H and O–H groups in total. The minimum atomic E-state index is -1.22. The van der Waals surface area contributed by atoms with Crippen molar-refractivity contribution < 1.29 is 14.3 Å².